The molecule has 0 unspecified atom stereocenters. The maximum Gasteiger partial charge on any atom is 0.262 e. The van der Waals surface area contributed by atoms with Crippen LogP contribution in [0.5, 0.6) is 0 Å². The van der Waals surface area contributed by atoms with E-state index in [2.05, 4.69) is 22.1 Å². The fraction of sp³-hybridized carbons (Fsp3) is 0.200. The van der Waals surface area contributed by atoms with Gasteiger partial charge in [-0.15, -0.1) is 11.3 Å². The fourth-order valence-electron chi connectivity index (χ4n) is 1.66. The van der Waals surface area contributed by atoms with Gasteiger partial charge in [-0.2, -0.15) is 0 Å². The zero-order valence-corrected chi connectivity index (χ0v) is 11.7. The number of nitrogens with zero attached hydrogens (tertiary/aromatic N) is 1. The van der Waals surface area contributed by atoms with Gasteiger partial charge in [0.25, 0.3) is 5.91 Å². The van der Waals surface area contributed by atoms with Gasteiger partial charge in [-0.25, -0.2) is 0 Å². The SMILES string of the molecule is NCC#Cc1ccsc1C(=O)NCCc1ccccn1. The van der Waals surface area contributed by atoms with Crippen LogP contribution in [-0.2, 0) is 6.42 Å². The van der Waals surface area contributed by atoms with Crippen molar-refractivity contribution in [2.45, 2.75) is 6.42 Å². The summed E-state index contributed by atoms with van der Waals surface area (Å²) < 4.78 is 0. The summed E-state index contributed by atoms with van der Waals surface area (Å²) in [6, 6.07) is 7.58. The maximum atomic E-state index is 12.1. The van der Waals surface area contributed by atoms with Gasteiger partial charge in [0, 0.05) is 30.4 Å². The molecule has 0 aliphatic carbocycles. The van der Waals surface area contributed by atoms with Crippen molar-refractivity contribution in [2.75, 3.05) is 13.1 Å². The van der Waals surface area contributed by atoms with Crippen molar-refractivity contribution in [1.82, 2.24) is 10.3 Å². The number of hydrogen-bond donors (Lipinski definition) is 2. The van der Waals surface area contributed by atoms with Gasteiger partial charge < -0.3 is 11.1 Å². The third-order valence-corrected chi connectivity index (χ3v) is 3.50. The Balaban J connectivity index is 1.91. The predicted octanol–water partition coefficient (Wildman–Crippen LogP) is 1.43. The standard InChI is InChI=1S/C15H15N3OS/c16-8-3-4-12-7-11-20-14(12)15(19)18-10-6-13-5-1-2-9-17-13/h1-2,5,7,9,11H,6,8,10,16H2,(H,18,19). The van der Waals surface area contributed by atoms with Crippen LogP contribution < -0.4 is 11.1 Å². The Bertz CT molecular complexity index is 625. The number of hydrogen-bond acceptors (Lipinski definition) is 4. The molecule has 0 atom stereocenters. The molecule has 0 saturated carbocycles. The van der Waals surface area contributed by atoms with Crippen molar-refractivity contribution < 1.29 is 4.79 Å². The topological polar surface area (TPSA) is 68.0 Å². The van der Waals surface area contributed by atoms with Crippen LogP contribution in [0, 0.1) is 11.8 Å². The van der Waals surface area contributed by atoms with Crippen LogP contribution >= 0.6 is 11.3 Å². The largest absolute Gasteiger partial charge is 0.351 e. The maximum absolute atomic E-state index is 12.1. The van der Waals surface area contributed by atoms with E-state index >= 15 is 0 Å². The molecule has 0 saturated heterocycles. The van der Waals surface area contributed by atoms with Gasteiger partial charge in [0.1, 0.15) is 4.88 Å². The number of rotatable bonds is 4. The number of carbonyl (C=O) groups is 1. The van der Waals surface area contributed by atoms with Crippen LogP contribution in [-0.4, -0.2) is 24.0 Å². The summed E-state index contributed by atoms with van der Waals surface area (Å²) in [4.78, 5) is 16.9. The molecule has 1 amide bonds. The smallest absolute Gasteiger partial charge is 0.262 e. The van der Waals surface area contributed by atoms with Gasteiger partial charge in [0.05, 0.1) is 6.54 Å². The number of amides is 1. The first-order valence-electron chi connectivity index (χ1n) is 6.26. The summed E-state index contributed by atoms with van der Waals surface area (Å²) in [5.74, 6) is 5.57. The average molecular weight is 285 g/mol. The molecule has 2 aromatic rings. The van der Waals surface area contributed by atoms with E-state index in [1.807, 2.05) is 29.6 Å². The van der Waals surface area contributed by atoms with Crippen molar-refractivity contribution in [3.8, 4) is 11.8 Å². The third-order valence-electron chi connectivity index (χ3n) is 2.59. The van der Waals surface area contributed by atoms with Crippen LogP contribution in [0.15, 0.2) is 35.8 Å². The minimum absolute atomic E-state index is 0.0998. The van der Waals surface area contributed by atoms with Crippen molar-refractivity contribution in [2.24, 2.45) is 5.73 Å². The highest BCUT2D eigenvalue weighted by atomic mass is 32.1. The number of nitrogens with one attached hydrogen (secondary N) is 1. The molecule has 0 bridgehead atoms. The molecule has 4 nitrogen and oxygen atoms in total. The summed E-state index contributed by atoms with van der Waals surface area (Å²) in [7, 11) is 0. The van der Waals surface area contributed by atoms with Crippen molar-refractivity contribution >= 4 is 17.2 Å². The molecule has 2 aromatic heterocycles. The summed E-state index contributed by atoms with van der Waals surface area (Å²) in [6.45, 7) is 0.841. The molecule has 0 aromatic carbocycles. The molecular formula is C15H15N3OS. The molecule has 0 fully saturated rings. The summed E-state index contributed by atoms with van der Waals surface area (Å²) in [5.41, 5.74) is 7.03. The fourth-order valence-corrected chi connectivity index (χ4v) is 2.43. The van der Waals surface area contributed by atoms with Crippen LogP contribution in [0.2, 0.25) is 0 Å². The first-order valence-corrected chi connectivity index (χ1v) is 7.14. The molecule has 5 heteroatoms. The van der Waals surface area contributed by atoms with E-state index in [1.165, 1.54) is 11.3 Å². The first-order chi connectivity index (χ1) is 9.81. The second-order valence-corrected chi connectivity index (χ2v) is 4.91. The summed E-state index contributed by atoms with van der Waals surface area (Å²) in [6.07, 6.45) is 2.46. The van der Waals surface area contributed by atoms with E-state index in [0.717, 1.165) is 11.3 Å². The lowest BCUT2D eigenvalue weighted by molar-refractivity contribution is 0.0958. The molecule has 0 spiro atoms. The quantitative estimate of drug-likeness (QED) is 0.835. The van der Waals surface area contributed by atoms with Crippen molar-refractivity contribution in [3.05, 3.63) is 52.0 Å². The number of pyridine rings is 1. The van der Waals surface area contributed by atoms with Gasteiger partial charge in [0.15, 0.2) is 0 Å². The second kappa shape index (κ2) is 7.43. The van der Waals surface area contributed by atoms with Crippen molar-refractivity contribution in [3.63, 3.8) is 0 Å². The molecule has 0 radical (unpaired) electrons. The Hall–Kier alpha value is -2.16. The number of aromatic nitrogens is 1. The lowest BCUT2D eigenvalue weighted by atomic mass is 10.2. The first kappa shape index (κ1) is 14.3. The van der Waals surface area contributed by atoms with E-state index in [-0.39, 0.29) is 12.5 Å². The van der Waals surface area contributed by atoms with E-state index < -0.39 is 0 Å². The molecule has 2 rings (SSSR count). The van der Waals surface area contributed by atoms with E-state index in [4.69, 9.17) is 5.73 Å². The van der Waals surface area contributed by atoms with Crippen LogP contribution in [0.25, 0.3) is 0 Å². The zero-order valence-electron chi connectivity index (χ0n) is 10.9. The van der Waals surface area contributed by atoms with E-state index in [9.17, 15) is 4.79 Å². The highest BCUT2D eigenvalue weighted by molar-refractivity contribution is 7.12. The highest BCUT2D eigenvalue weighted by Crippen LogP contribution is 2.15. The molecular weight excluding hydrogens is 270 g/mol. The Labute approximate surface area is 122 Å². The van der Waals surface area contributed by atoms with Crippen LogP contribution in [0.3, 0.4) is 0 Å². The number of nitrogens with two attached hydrogens (primary N) is 1. The molecule has 102 valence electrons. The minimum atomic E-state index is -0.0998. The number of thiophene rings is 1. The van der Waals surface area contributed by atoms with Gasteiger partial charge in [-0.05, 0) is 23.6 Å². The van der Waals surface area contributed by atoms with Gasteiger partial charge in [-0.3, -0.25) is 9.78 Å². The molecule has 0 aliphatic heterocycles. The second-order valence-electron chi connectivity index (χ2n) is 4.00. The monoisotopic (exact) mass is 285 g/mol. The minimum Gasteiger partial charge on any atom is -0.351 e. The van der Waals surface area contributed by atoms with Crippen LogP contribution in [0.1, 0.15) is 20.9 Å². The number of carbonyl (C=O) groups excluding carboxylic acids is 1. The van der Waals surface area contributed by atoms with Gasteiger partial charge in [-0.1, -0.05) is 17.9 Å². The average Bonchev–Trinajstić information content (AvgIpc) is 2.94. The Morgan fingerprint density at radius 1 is 1.40 bits per heavy atom. The zero-order chi connectivity index (χ0) is 14.2. The van der Waals surface area contributed by atoms with E-state index in [0.29, 0.717) is 17.8 Å². The predicted molar refractivity (Wildman–Crippen MR) is 80.5 cm³/mol. The summed E-state index contributed by atoms with van der Waals surface area (Å²) in [5, 5.41) is 4.74. The Morgan fingerprint density at radius 3 is 3.05 bits per heavy atom. The van der Waals surface area contributed by atoms with Crippen LogP contribution in [0.4, 0.5) is 0 Å². The summed E-state index contributed by atoms with van der Waals surface area (Å²) >= 11 is 1.38. The third kappa shape index (κ3) is 3.92. The molecule has 0 aliphatic rings. The van der Waals surface area contributed by atoms with Crippen molar-refractivity contribution in [1.29, 1.82) is 0 Å². The van der Waals surface area contributed by atoms with Gasteiger partial charge >= 0.3 is 0 Å². The molecule has 2 heterocycles. The van der Waals surface area contributed by atoms with E-state index in [1.54, 1.807) is 6.20 Å². The Kier molecular flexibility index (Phi) is 5.30. The Morgan fingerprint density at radius 2 is 2.30 bits per heavy atom. The molecule has 3 N–H and O–H groups in total. The highest BCUT2D eigenvalue weighted by Gasteiger charge is 2.11. The lowest BCUT2D eigenvalue weighted by Crippen LogP contribution is -2.25. The normalized spacial score (nSPS) is 9.65. The van der Waals surface area contributed by atoms with Gasteiger partial charge in [0.2, 0.25) is 0 Å². The lowest BCUT2D eigenvalue weighted by Gasteiger charge is -2.03. The molecule has 20 heavy (non-hydrogen) atoms.